The summed E-state index contributed by atoms with van der Waals surface area (Å²) in [6.45, 7) is 3.90. The van der Waals surface area contributed by atoms with E-state index < -0.39 is 35.1 Å². The van der Waals surface area contributed by atoms with E-state index in [-0.39, 0.29) is 12.2 Å². The van der Waals surface area contributed by atoms with Crippen molar-refractivity contribution in [2.24, 2.45) is 0 Å². The predicted octanol–water partition coefficient (Wildman–Crippen LogP) is 1.51. The van der Waals surface area contributed by atoms with Crippen LogP contribution in [0.4, 0.5) is 13.2 Å². The topological polar surface area (TPSA) is 75.7 Å². The second-order valence-corrected chi connectivity index (χ2v) is 5.19. The standard InChI is InChI=1S/C14H19F3N2O4/c1-5-6-7-19-8(2)10(11(21)23-4)13(12(19)22,14(15,16)17)18-9(3)20/h5-7H2,1-4H3,(H,18,20). The highest BCUT2D eigenvalue weighted by atomic mass is 19.4. The SMILES string of the molecule is CCCCN1C(=O)C(NC(C)=O)(C(F)(F)F)C(C(=O)OC)=C1C. The van der Waals surface area contributed by atoms with E-state index in [1.54, 1.807) is 5.32 Å². The highest BCUT2D eigenvalue weighted by Gasteiger charge is 2.70. The fraction of sp³-hybridized carbons (Fsp3) is 0.643. The zero-order chi connectivity index (χ0) is 18.0. The Morgan fingerprint density at radius 2 is 1.91 bits per heavy atom. The Morgan fingerprint density at radius 3 is 2.30 bits per heavy atom. The van der Waals surface area contributed by atoms with E-state index in [0.717, 1.165) is 18.9 Å². The highest BCUT2D eigenvalue weighted by molar-refractivity contribution is 6.10. The Hall–Kier alpha value is -2.06. The zero-order valence-electron chi connectivity index (χ0n) is 13.3. The summed E-state index contributed by atoms with van der Waals surface area (Å²) in [5.41, 5.74) is -4.48. The van der Waals surface area contributed by atoms with Crippen LogP contribution in [0.3, 0.4) is 0 Å². The Bertz CT molecular complexity index is 557. The molecule has 1 aliphatic heterocycles. The molecule has 0 aromatic heterocycles. The molecule has 23 heavy (non-hydrogen) atoms. The smallest absolute Gasteiger partial charge is 0.425 e. The average Bonchev–Trinajstić information content (AvgIpc) is 2.64. The van der Waals surface area contributed by atoms with Crippen LogP contribution in [-0.2, 0) is 19.1 Å². The number of carbonyl (C=O) groups is 3. The van der Waals surface area contributed by atoms with Gasteiger partial charge in [-0.1, -0.05) is 13.3 Å². The Labute approximate surface area is 131 Å². The number of ether oxygens (including phenoxy) is 1. The number of esters is 1. The molecule has 6 nitrogen and oxygen atoms in total. The lowest BCUT2D eigenvalue weighted by Crippen LogP contribution is -2.66. The molecule has 0 radical (unpaired) electrons. The molecular weight excluding hydrogens is 317 g/mol. The Kier molecular flexibility index (Phi) is 5.44. The number of hydrogen-bond donors (Lipinski definition) is 1. The van der Waals surface area contributed by atoms with Gasteiger partial charge in [0.2, 0.25) is 11.4 Å². The molecule has 1 atom stereocenters. The highest BCUT2D eigenvalue weighted by Crippen LogP contribution is 2.45. The second-order valence-electron chi connectivity index (χ2n) is 5.19. The number of methoxy groups -OCH3 is 1. The molecule has 0 saturated carbocycles. The molecule has 1 heterocycles. The molecule has 0 fully saturated rings. The van der Waals surface area contributed by atoms with Crippen LogP contribution in [0.1, 0.15) is 33.6 Å². The maximum absolute atomic E-state index is 13.7. The van der Waals surface area contributed by atoms with Crippen molar-refractivity contribution in [1.82, 2.24) is 10.2 Å². The fourth-order valence-corrected chi connectivity index (χ4v) is 2.57. The molecule has 0 saturated heterocycles. The normalized spacial score (nSPS) is 21.7. The molecular formula is C14H19F3N2O4. The van der Waals surface area contributed by atoms with Gasteiger partial charge in [-0.05, 0) is 13.3 Å². The molecule has 9 heteroatoms. The molecule has 0 aromatic rings. The average molecular weight is 336 g/mol. The third kappa shape index (κ3) is 3.04. The quantitative estimate of drug-likeness (QED) is 0.772. The first-order valence-electron chi connectivity index (χ1n) is 7.01. The first-order valence-corrected chi connectivity index (χ1v) is 7.01. The molecule has 130 valence electrons. The van der Waals surface area contributed by atoms with Crippen molar-refractivity contribution < 1.29 is 32.3 Å². The van der Waals surface area contributed by atoms with Gasteiger partial charge in [-0.3, -0.25) is 9.59 Å². The lowest BCUT2D eigenvalue weighted by Gasteiger charge is -2.32. The number of halogens is 3. The molecule has 1 aliphatic rings. The first-order chi connectivity index (χ1) is 10.5. The summed E-state index contributed by atoms with van der Waals surface area (Å²) < 4.78 is 45.6. The van der Waals surface area contributed by atoms with Gasteiger partial charge in [-0.25, -0.2) is 4.79 Å². The third-order valence-corrected chi connectivity index (χ3v) is 3.62. The van der Waals surface area contributed by atoms with E-state index in [1.807, 2.05) is 6.92 Å². The minimum atomic E-state index is -5.19. The lowest BCUT2D eigenvalue weighted by molar-refractivity contribution is -0.195. The molecule has 2 amide bonds. The van der Waals surface area contributed by atoms with Crippen LogP contribution in [0.2, 0.25) is 0 Å². The molecule has 0 aromatic carbocycles. The van der Waals surface area contributed by atoms with Gasteiger partial charge in [0.25, 0.3) is 5.91 Å². The number of rotatable bonds is 5. The molecule has 0 bridgehead atoms. The Balaban J connectivity index is 3.60. The molecule has 1 unspecified atom stereocenters. The van der Waals surface area contributed by atoms with Crippen LogP contribution in [-0.4, -0.2) is 48.1 Å². The van der Waals surface area contributed by atoms with Crippen molar-refractivity contribution in [3.05, 3.63) is 11.3 Å². The van der Waals surface area contributed by atoms with Crippen molar-refractivity contribution >= 4 is 17.8 Å². The number of hydrogen-bond acceptors (Lipinski definition) is 4. The van der Waals surface area contributed by atoms with Gasteiger partial charge in [0.15, 0.2) is 0 Å². The van der Waals surface area contributed by atoms with Crippen LogP contribution >= 0.6 is 0 Å². The largest absolute Gasteiger partial charge is 0.466 e. The van der Waals surface area contributed by atoms with Crippen molar-refractivity contribution in [3.63, 3.8) is 0 Å². The monoisotopic (exact) mass is 336 g/mol. The molecule has 1 N–H and O–H groups in total. The number of allylic oxidation sites excluding steroid dienone is 1. The number of nitrogens with one attached hydrogen (secondary N) is 1. The minimum absolute atomic E-state index is 0.0130. The van der Waals surface area contributed by atoms with E-state index in [1.165, 1.54) is 6.92 Å². The summed E-state index contributed by atoms with van der Waals surface area (Å²) in [4.78, 5) is 36.6. The first kappa shape index (κ1) is 19.0. The van der Waals surface area contributed by atoms with Crippen LogP contribution in [0, 0.1) is 0 Å². The van der Waals surface area contributed by atoms with E-state index in [2.05, 4.69) is 4.74 Å². The molecule has 1 rings (SSSR count). The van der Waals surface area contributed by atoms with Gasteiger partial charge in [0, 0.05) is 19.2 Å². The van der Waals surface area contributed by atoms with E-state index in [9.17, 15) is 27.6 Å². The lowest BCUT2D eigenvalue weighted by atomic mass is 9.89. The number of alkyl halides is 3. The summed E-state index contributed by atoms with van der Waals surface area (Å²) in [5, 5.41) is 1.63. The van der Waals surface area contributed by atoms with E-state index in [0.29, 0.717) is 12.8 Å². The fourth-order valence-electron chi connectivity index (χ4n) is 2.57. The van der Waals surface area contributed by atoms with E-state index >= 15 is 0 Å². The summed E-state index contributed by atoms with van der Waals surface area (Å²) in [6.07, 6.45) is -4.10. The summed E-state index contributed by atoms with van der Waals surface area (Å²) in [7, 11) is 0.913. The van der Waals surface area contributed by atoms with Gasteiger partial charge >= 0.3 is 12.1 Å². The molecule has 0 spiro atoms. The van der Waals surface area contributed by atoms with Gasteiger partial charge in [-0.15, -0.1) is 0 Å². The van der Waals surface area contributed by atoms with Crippen LogP contribution in [0.25, 0.3) is 0 Å². The zero-order valence-corrected chi connectivity index (χ0v) is 13.3. The van der Waals surface area contributed by atoms with Crippen molar-refractivity contribution in [3.8, 4) is 0 Å². The number of unbranched alkanes of at least 4 members (excludes halogenated alkanes) is 1. The van der Waals surface area contributed by atoms with Crippen LogP contribution in [0.15, 0.2) is 11.3 Å². The van der Waals surface area contributed by atoms with Gasteiger partial charge in [0.05, 0.1) is 7.11 Å². The van der Waals surface area contributed by atoms with E-state index in [4.69, 9.17) is 0 Å². The maximum atomic E-state index is 13.7. The Morgan fingerprint density at radius 1 is 1.35 bits per heavy atom. The van der Waals surface area contributed by atoms with Gasteiger partial charge in [-0.2, -0.15) is 13.2 Å². The van der Waals surface area contributed by atoms with Crippen molar-refractivity contribution in [1.29, 1.82) is 0 Å². The van der Waals surface area contributed by atoms with Crippen molar-refractivity contribution in [2.45, 2.75) is 45.3 Å². The van der Waals surface area contributed by atoms with Crippen LogP contribution in [0.5, 0.6) is 0 Å². The number of carbonyl (C=O) groups excluding carboxylic acids is 3. The maximum Gasteiger partial charge on any atom is 0.425 e. The summed E-state index contributed by atoms with van der Waals surface area (Å²) in [5.74, 6) is -3.78. The third-order valence-electron chi connectivity index (χ3n) is 3.62. The molecule has 0 aliphatic carbocycles. The number of nitrogens with zero attached hydrogens (tertiary/aromatic N) is 1. The van der Waals surface area contributed by atoms with Crippen LogP contribution < -0.4 is 5.32 Å². The van der Waals surface area contributed by atoms with Crippen molar-refractivity contribution in [2.75, 3.05) is 13.7 Å². The van der Waals surface area contributed by atoms with Gasteiger partial charge in [0.1, 0.15) is 5.57 Å². The minimum Gasteiger partial charge on any atom is -0.466 e. The number of amides is 2. The summed E-state index contributed by atoms with van der Waals surface area (Å²) in [6, 6.07) is 0. The summed E-state index contributed by atoms with van der Waals surface area (Å²) >= 11 is 0. The second kappa shape index (κ2) is 6.59. The predicted molar refractivity (Wildman–Crippen MR) is 73.9 cm³/mol. The van der Waals surface area contributed by atoms with Gasteiger partial charge < -0.3 is 15.0 Å².